The van der Waals surface area contributed by atoms with Gasteiger partial charge < -0.3 is 0 Å². The van der Waals surface area contributed by atoms with E-state index in [0.29, 0.717) is 23.7 Å². The fourth-order valence-electron chi connectivity index (χ4n) is 16.2. The van der Waals surface area contributed by atoms with E-state index in [0.717, 1.165) is 20.3 Å². The molecular formula is C58H78Cl4Si2Zr2. The first-order valence-electron chi connectivity index (χ1n) is 25.6. The number of benzene rings is 4. The number of rotatable bonds is 15. The van der Waals surface area contributed by atoms with Crippen LogP contribution in [0.5, 0.6) is 0 Å². The van der Waals surface area contributed by atoms with Crippen molar-refractivity contribution in [1.82, 2.24) is 0 Å². The van der Waals surface area contributed by atoms with Crippen LogP contribution >= 0.6 is 34.1 Å². The van der Waals surface area contributed by atoms with Crippen molar-refractivity contribution in [1.29, 1.82) is 0 Å². The van der Waals surface area contributed by atoms with Gasteiger partial charge in [0.15, 0.2) is 0 Å². The fraction of sp³-hybridized carbons (Fsp3) is 0.448. The minimum atomic E-state index is -6.16. The van der Waals surface area contributed by atoms with Crippen LogP contribution in [0.1, 0.15) is 202 Å². The zero-order chi connectivity index (χ0) is 48.2. The Labute approximate surface area is 412 Å². The average molecular weight is 1160 g/mol. The molecule has 66 heavy (non-hydrogen) atoms. The van der Waals surface area contributed by atoms with Gasteiger partial charge in [0, 0.05) is 0 Å². The number of halogens is 4. The van der Waals surface area contributed by atoms with Crippen LogP contribution in [0.3, 0.4) is 0 Å². The summed E-state index contributed by atoms with van der Waals surface area (Å²) in [5.74, 6) is 1.47. The van der Waals surface area contributed by atoms with Gasteiger partial charge in [-0.25, -0.2) is 0 Å². The van der Waals surface area contributed by atoms with E-state index in [1.165, 1.54) is 89.1 Å². The van der Waals surface area contributed by atoms with E-state index in [2.05, 4.69) is 194 Å². The SMILES string of the molecule is CC[SiH2][Zr]([Cl])([Cl])([CH2][CH2][Zr]([Cl])([Cl])([SiH2]CC)([CH]1C(C)=Cc2c(C(C)C)cccc21)[CH]1C(C)=Cc2c(C(C)C)cccc21)([CH]1C(C)=Cc2c(C(C)C)cccc21)[CH]1C(C)=Cc2c(C(C)C)cccc21. The zero-order valence-electron chi connectivity index (χ0n) is 42.6. The Bertz CT molecular complexity index is 2460. The molecule has 0 saturated heterocycles. The monoisotopic (exact) mass is 1150 g/mol. The summed E-state index contributed by atoms with van der Waals surface area (Å²) in [5, 5.41) is 0. The first-order valence-corrected chi connectivity index (χ1v) is 61.3. The zero-order valence-corrected chi connectivity index (χ0v) is 53.4. The van der Waals surface area contributed by atoms with Gasteiger partial charge in [-0.1, -0.05) is 0 Å². The van der Waals surface area contributed by atoms with Gasteiger partial charge in [0.1, 0.15) is 0 Å². The molecule has 4 aromatic carbocycles. The molecule has 0 spiro atoms. The van der Waals surface area contributed by atoms with E-state index >= 15 is 0 Å². The third kappa shape index (κ3) is 7.37. The standard InChI is InChI=1S/4C13H15.2C2H7Si.C2H4.4ClH.2Zr/c4*1-9(2)12-6-4-5-11-7-10(3)8-13(11)12;2*1-2-3;1-2;;;;;;/h4*4-9H,1-3H3;2*2-3H2,1H3;1-2H2;4*1H;;/q;;;;;;;;;;;2*+2/p-4. The van der Waals surface area contributed by atoms with E-state index < -0.39 is 41.4 Å². The normalized spacial score (nSPS) is 22.7. The van der Waals surface area contributed by atoms with Gasteiger partial charge >= 0.3 is 417 Å². The van der Waals surface area contributed by atoms with Crippen LogP contribution in [-0.4, -0.2) is 13.3 Å². The topological polar surface area (TPSA) is 0 Å². The van der Waals surface area contributed by atoms with Crippen molar-refractivity contribution in [3.05, 3.63) is 162 Å². The van der Waals surface area contributed by atoms with Crippen molar-refractivity contribution in [2.45, 2.75) is 155 Å². The summed E-state index contributed by atoms with van der Waals surface area (Å²) >= 11 is -12.3. The Morgan fingerprint density at radius 1 is 0.394 bits per heavy atom. The Morgan fingerprint density at radius 2 is 0.606 bits per heavy atom. The van der Waals surface area contributed by atoms with Gasteiger partial charge in [0.2, 0.25) is 0 Å². The third-order valence-corrected chi connectivity index (χ3v) is 124. The van der Waals surface area contributed by atoms with Gasteiger partial charge in [-0.3, -0.25) is 0 Å². The number of hydrogen-bond donors (Lipinski definition) is 0. The summed E-state index contributed by atoms with van der Waals surface area (Å²) in [6, 6.07) is 30.2. The second-order valence-electron chi connectivity index (χ2n) is 23.9. The van der Waals surface area contributed by atoms with E-state index in [9.17, 15) is 34.1 Å². The van der Waals surface area contributed by atoms with Crippen molar-refractivity contribution < 1.29 is 28.1 Å². The van der Waals surface area contributed by atoms with Crippen molar-refractivity contribution in [3.63, 3.8) is 0 Å². The van der Waals surface area contributed by atoms with E-state index in [1.807, 2.05) is 0 Å². The Hall–Kier alpha value is -0.800. The quantitative estimate of drug-likeness (QED) is 0.104. The van der Waals surface area contributed by atoms with Crippen molar-refractivity contribution in [2.75, 3.05) is 0 Å². The van der Waals surface area contributed by atoms with Crippen molar-refractivity contribution in [3.8, 4) is 0 Å². The van der Waals surface area contributed by atoms with Crippen LogP contribution in [0.2, 0.25) is 20.3 Å². The van der Waals surface area contributed by atoms with Gasteiger partial charge in [-0.2, -0.15) is 0 Å². The maximum absolute atomic E-state index is 9.87. The predicted molar refractivity (Wildman–Crippen MR) is 299 cm³/mol. The molecule has 0 aromatic heterocycles. The Morgan fingerprint density at radius 3 is 0.788 bits per heavy atom. The Kier molecular flexibility index (Phi) is 13.2. The van der Waals surface area contributed by atoms with Gasteiger partial charge in [-0.05, 0) is 0 Å². The van der Waals surface area contributed by atoms with Crippen LogP contribution in [-0.2, 0) is 28.1 Å². The maximum atomic E-state index is 9.87. The van der Waals surface area contributed by atoms with E-state index in [1.54, 1.807) is 0 Å². The summed E-state index contributed by atoms with van der Waals surface area (Å²) < 4.78 is 1.17. The molecule has 4 aromatic rings. The second kappa shape index (κ2) is 16.9. The van der Waals surface area contributed by atoms with Crippen LogP contribution in [0.25, 0.3) is 24.3 Å². The van der Waals surface area contributed by atoms with Crippen LogP contribution in [0, 0.1) is 0 Å². The molecule has 8 heteroatoms. The van der Waals surface area contributed by atoms with Gasteiger partial charge in [0.25, 0.3) is 0 Å². The van der Waals surface area contributed by atoms with Crippen LogP contribution < -0.4 is 0 Å². The van der Waals surface area contributed by atoms with Crippen molar-refractivity contribution in [2.24, 2.45) is 0 Å². The van der Waals surface area contributed by atoms with E-state index in [4.69, 9.17) is 0 Å². The number of hydrogen-bond acceptors (Lipinski definition) is 0. The first kappa shape index (κ1) is 51.6. The summed E-state index contributed by atoms with van der Waals surface area (Å²) in [4.78, 5) is 0. The summed E-state index contributed by atoms with van der Waals surface area (Å²) in [6.45, 7) is 30.5. The number of allylic oxidation sites excluding steroid dienone is 4. The molecule has 0 heterocycles. The van der Waals surface area contributed by atoms with Gasteiger partial charge in [0.05, 0.1) is 0 Å². The molecular weight excluding hydrogens is 1080 g/mol. The summed E-state index contributed by atoms with van der Waals surface area (Å²) in [5.41, 5.74) is 21.7. The molecule has 0 fully saturated rings. The molecule has 4 unspecified atom stereocenters. The Balaban J connectivity index is 1.52. The molecule has 0 amide bonds. The third-order valence-electron chi connectivity index (χ3n) is 18.2. The van der Waals surface area contributed by atoms with Crippen LogP contribution in [0.4, 0.5) is 0 Å². The molecule has 354 valence electrons. The molecule has 4 aliphatic rings. The molecule has 0 saturated carbocycles. The molecule has 0 radical (unpaired) electrons. The fourth-order valence-corrected chi connectivity index (χ4v) is 168. The average Bonchev–Trinajstić information content (AvgIpc) is 3.99. The predicted octanol–water partition coefficient (Wildman–Crippen LogP) is 19.1. The molecule has 0 bridgehead atoms. The van der Waals surface area contributed by atoms with Crippen molar-refractivity contribution >= 4 is 71.6 Å². The molecule has 0 N–H and O–H groups in total. The number of fused-ring (bicyclic) bond motifs is 4. The second-order valence-corrected chi connectivity index (χ2v) is 129. The first-order chi connectivity index (χ1) is 30.8. The minimum absolute atomic E-state index is 0.0662. The van der Waals surface area contributed by atoms with Crippen LogP contribution in [0.15, 0.2) is 95.1 Å². The molecule has 8 rings (SSSR count). The molecule has 4 atom stereocenters. The molecule has 4 aliphatic carbocycles. The summed E-state index contributed by atoms with van der Waals surface area (Å²) in [6.07, 6.45) is 10.0. The summed E-state index contributed by atoms with van der Waals surface area (Å²) in [7, 11) is 39.5. The van der Waals surface area contributed by atoms with E-state index in [-0.39, 0.29) is 14.5 Å². The molecule has 0 aliphatic heterocycles. The van der Waals surface area contributed by atoms with Gasteiger partial charge in [-0.15, -0.1) is 0 Å². The molecule has 0 nitrogen and oxygen atoms in total.